The van der Waals surface area contributed by atoms with E-state index in [0.717, 1.165) is 12.5 Å². The lowest BCUT2D eigenvalue weighted by molar-refractivity contribution is -0.00985. The first kappa shape index (κ1) is 15.3. The van der Waals surface area contributed by atoms with Crippen LogP contribution >= 0.6 is 0 Å². The van der Waals surface area contributed by atoms with Gasteiger partial charge in [-0.05, 0) is 62.9 Å². The van der Waals surface area contributed by atoms with Crippen molar-refractivity contribution in [1.82, 2.24) is 4.90 Å². The largest absolute Gasteiger partial charge is 0.329 e. The molecule has 19 heavy (non-hydrogen) atoms. The molecule has 0 aromatic rings. The van der Waals surface area contributed by atoms with Gasteiger partial charge in [0.15, 0.2) is 0 Å². The predicted molar refractivity (Wildman–Crippen MR) is 83.2 cm³/mol. The Bertz CT molecular complexity index is 265. The first-order valence-electron chi connectivity index (χ1n) is 8.55. The van der Waals surface area contributed by atoms with E-state index in [4.69, 9.17) is 5.73 Å². The van der Waals surface area contributed by atoms with Crippen molar-refractivity contribution in [2.45, 2.75) is 77.7 Å². The quantitative estimate of drug-likeness (QED) is 0.838. The van der Waals surface area contributed by atoms with E-state index < -0.39 is 0 Å². The maximum Gasteiger partial charge on any atom is 0.0331 e. The summed E-state index contributed by atoms with van der Waals surface area (Å²) in [6, 6.07) is 0. The molecule has 1 saturated heterocycles. The van der Waals surface area contributed by atoms with Crippen LogP contribution in [0.3, 0.4) is 0 Å². The monoisotopic (exact) mass is 266 g/mol. The molecule has 0 spiro atoms. The minimum Gasteiger partial charge on any atom is -0.329 e. The van der Waals surface area contributed by atoms with Crippen LogP contribution in [0.1, 0.15) is 72.1 Å². The normalized spacial score (nSPS) is 36.3. The van der Waals surface area contributed by atoms with Crippen LogP contribution in [0.5, 0.6) is 0 Å². The summed E-state index contributed by atoms with van der Waals surface area (Å²) >= 11 is 0. The van der Waals surface area contributed by atoms with Crippen molar-refractivity contribution in [3.63, 3.8) is 0 Å². The average Bonchev–Trinajstić information content (AvgIpc) is 2.49. The van der Waals surface area contributed by atoms with Gasteiger partial charge in [0, 0.05) is 12.1 Å². The highest BCUT2D eigenvalue weighted by atomic mass is 15.2. The van der Waals surface area contributed by atoms with Gasteiger partial charge in [-0.2, -0.15) is 0 Å². The Labute approximate surface area is 120 Å². The molecule has 1 saturated carbocycles. The summed E-state index contributed by atoms with van der Waals surface area (Å²) < 4.78 is 0. The molecule has 0 atom stereocenters. The van der Waals surface area contributed by atoms with E-state index in [9.17, 15) is 0 Å². The van der Waals surface area contributed by atoms with Crippen LogP contribution in [-0.4, -0.2) is 30.1 Å². The van der Waals surface area contributed by atoms with E-state index in [1.807, 2.05) is 0 Å². The van der Waals surface area contributed by atoms with E-state index >= 15 is 0 Å². The Balaban J connectivity index is 1.99. The van der Waals surface area contributed by atoms with E-state index in [1.165, 1.54) is 64.5 Å². The molecule has 112 valence electrons. The molecule has 2 fully saturated rings. The third-order valence-corrected chi connectivity index (χ3v) is 6.58. The second-order valence-corrected chi connectivity index (χ2v) is 7.31. The zero-order valence-corrected chi connectivity index (χ0v) is 13.4. The summed E-state index contributed by atoms with van der Waals surface area (Å²) in [5.74, 6) is 0.912. The van der Waals surface area contributed by atoms with E-state index in [1.54, 1.807) is 0 Å². The van der Waals surface area contributed by atoms with Gasteiger partial charge in [-0.25, -0.2) is 0 Å². The van der Waals surface area contributed by atoms with E-state index in [2.05, 4.69) is 25.7 Å². The molecular weight excluding hydrogens is 232 g/mol. The summed E-state index contributed by atoms with van der Waals surface area (Å²) in [5, 5.41) is 0. The van der Waals surface area contributed by atoms with Crippen LogP contribution in [0.15, 0.2) is 0 Å². The molecule has 1 heterocycles. The SMILES string of the molecule is CCC1(CC)CCN(C2(CN)CCC(C)CC2)CC1. The number of nitrogens with zero attached hydrogens (tertiary/aromatic N) is 1. The van der Waals surface area contributed by atoms with Gasteiger partial charge in [0.2, 0.25) is 0 Å². The number of piperidine rings is 1. The van der Waals surface area contributed by atoms with Crippen LogP contribution in [0, 0.1) is 11.3 Å². The molecule has 2 N–H and O–H groups in total. The predicted octanol–water partition coefficient (Wildman–Crippen LogP) is 3.80. The van der Waals surface area contributed by atoms with E-state index in [-0.39, 0.29) is 0 Å². The van der Waals surface area contributed by atoms with Gasteiger partial charge in [-0.15, -0.1) is 0 Å². The lowest BCUT2D eigenvalue weighted by atomic mass is 9.70. The van der Waals surface area contributed by atoms with Gasteiger partial charge in [-0.3, -0.25) is 4.90 Å². The summed E-state index contributed by atoms with van der Waals surface area (Å²) in [4.78, 5) is 2.77. The van der Waals surface area contributed by atoms with Crippen molar-refractivity contribution in [1.29, 1.82) is 0 Å². The second kappa shape index (κ2) is 6.13. The van der Waals surface area contributed by atoms with Gasteiger partial charge in [0.05, 0.1) is 0 Å². The lowest BCUT2D eigenvalue weighted by Gasteiger charge is -2.52. The minimum absolute atomic E-state index is 0.347. The molecule has 2 aliphatic rings. The molecular formula is C17H34N2. The maximum absolute atomic E-state index is 6.21. The zero-order chi connectivity index (χ0) is 13.9. The molecule has 0 aromatic carbocycles. The molecule has 2 heteroatoms. The topological polar surface area (TPSA) is 29.3 Å². The van der Waals surface area contributed by atoms with Crippen LogP contribution in [0.25, 0.3) is 0 Å². The number of hydrogen-bond donors (Lipinski definition) is 1. The molecule has 1 aliphatic carbocycles. The van der Waals surface area contributed by atoms with Crippen molar-refractivity contribution < 1.29 is 0 Å². The minimum atomic E-state index is 0.347. The van der Waals surface area contributed by atoms with Gasteiger partial charge in [0.1, 0.15) is 0 Å². The summed E-state index contributed by atoms with van der Waals surface area (Å²) in [6.45, 7) is 10.6. The highest BCUT2D eigenvalue weighted by Gasteiger charge is 2.42. The zero-order valence-electron chi connectivity index (χ0n) is 13.4. The lowest BCUT2D eigenvalue weighted by Crippen LogP contribution is -2.58. The van der Waals surface area contributed by atoms with E-state index in [0.29, 0.717) is 11.0 Å². The molecule has 0 amide bonds. The number of nitrogens with two attached hydrogens (primary N) is 1. The van der Waals surface area contributed by atoms with Crippen molar-refractivity contribution in [3.05, 3.63) is 0 Å². The van der Waals surface area contributed by atoms with Crippen LogP contribution in [0.2, 0.25) is 0 Å². The smallest absolute Gasteiger partial charge is 0.0331 e. The number of rotatable bonds is 4. The average molecular weight is 266 g/mol. The number of hydrogen-bond acceptors (Lipinski definition) is 2. The van der Waals surface area contributed by atoms with Crippen LogP contribution in [0.4, 0.5) is 0 Å². The Morgan fingerprint density at radius 1 is 1.00 bits per heavy atom. The first-order valence-corrected chi connectivity index (χ1v) is 8.55. The molecule has 0 radical (unpaired) electrons. The third kappa shape index (κ3) is 3.00. The van der Waals surface area contributed by atoms with Gasteiger partial charge >= 0.3 is 0 Å². The first-order chi connectivity index (χ1) is 9.10. The van der Waals surface area contributed by atoms with Crippen molar-refractivity contribution >= 4 is 0 Å². The molecule has 1 aliphatic heterocycles. The standard InChI is InChI=1S/C17H34N2/c1-4-16(5-2)10-12-19(13-11-16)17(14-18)8-6-15(3)7-9-17/h15H,4-14,18H2,1-3H3. The molecule has 2 nitrogen and oxygen atoms in total. The fourth-order valence-electron chi connectivity index (χ4n) is 4.36. The number of likely N-dealkylation sites (tertiary alicyclic amines) is 1. The second-order valence-electron chi connectivity index (χ2n) is 7.31. The maximum atomic E-state index is 6.21. The van der Waals surface area contributed by atoms with Crippen molar-refractivity contribution in [3.8, 4) is 0 Å². The van der Waals surface area contributed by atoms with Gasteiger partial charge < -0.3 is 5.73 Å². The fraction of sp³-hybridized carbons (Fsp3) is 1.00. The highest BCUT2D eigenvalue weighted by Crippen LogP contribution is 2.43. The van der Waals surface area contributed by atoms with Crippen molar-refractivity contribution in [2.24, 2.45) is 17.1 Å². The summed E-state index contributed by atoms with van der Waals surface area (Å²) in [5.41, 5.74) is 7.19. The molecule has 2 rings (SSSR count). The molecule has 0 aromatic heterocycles. The third-order valence-electron chi connectivity index (χ3n) is 6.58. The van der Waals surface area contributed by atoms with Gasteiger partial charge in [-0.1, -0.05) is 33.6 Å². The van der Waals surface area contributed by atoms with Crippen LogP contribution in [-0.2, 0) is 0 Å². The van der Waals surface area contributed by atoms with Crippen molar-refractivity contribution in [2.75, 3.05) is 19.6 Å². The Kier molecular flexibility index (Phi) is 4.94. The summed E-state index contributed by atoms with van der Waals surface area (Å²) in [6.07, 6.45) is 10.9. The highest BCUT2D eigenvalue weighted by molar-refractivity contribution is 4.98. The fourth-order valence-corrected chi connectivity index (χ4v) is 4.36. The Morgan fingerprint density at radius 3 is 1.95 bits per heavy atom. The Morgan fingerprint density at radius 2 is 1.53 bits per heavy atom. The molecule has 0 unspecified atom stereocenters. The Hall–Kier alpha value is -0.0800. The van der Waals surface area contributed by atoms with Gasteiger partial charge in [0.25, 0.3) is 0 Å². The molecule has 0 bridgehead atoms. The van der Waals surface area contributed by atoms with Crippen LogP contribution < -0.4 is 5.73 Å². The summed E-state index contributed by atoms with van der Waals surface area (Å²) in [7, 11) is 0.